The third kappa shape index (κ3) is 5.92. The quantitative estimate of drug-likeness (QED) is 0.722. The van der Waals surface area contributed by atoms with Crippen LogP contribution in [0.15, 0.2) is 59.5 Å². The van der Waals surface area contributed by atoms with Crippen molar-refractivity contribution in [3.63, 3.8) is 0 Å². The number of nitrogens with zero attached hydrogens (tertiary/aromatic N) is 1. The molecule has 0 unspecified atom stereocenters. The molecule has 0 bridgehead atoms. The smallest absolute Gasteiger partial charge is 0.242 e. The van der Waals surface area contributed by atoms with E-state index in [0.29, 0.717) is 18.7 Å². The second-order valence-electron chi connectivity index (χ2n) is 6.21. The summed E-state index contributed by atoms with van der Waals surface area (Å²) in [6.45, 7) is 4.26. The SMILES string of the molecule is CNC(=O)[C@H](C)N(Cc1ccccc1)C(=O)CCSc1ccc(C)cc1. The van der Waals surface area contributed by atoms with E-state index in [9.17, 15) is 9.59 Å². The molecule has 0 fully saturated rings. The van der Waals surface area contributed by atoms with Crippen LogP contribution in [0.2, 0.25) is 0 Å². The fourth-order valence-corrected chi connectivity index (χ4v) is 3.45. The number of thioether (sulfide) groups is 1. The molecule has 2 aromatic carbocycles. The van der Waals surface area contributed by atoms with Crippen LogP contribution in [0.5, 0.6) is 0 Å². The Bertz CT molecular complexity index is 717. The summed E-state index contributed by atoms with van der Waals surface area (Å²) in [7, 11) is 1.59. The van der Waals surface area contributed by atoms with E-state index in [-0.39, 0.29) is 11.8 Å². The summed E-state index contributed by atoms with van der Waals surface area (Å²) in [5.41, 5.74) is 2.24. The topological polar surface area (TPSA) is 49.4 Å². The summed E-state index contributed by atoms with van der Waals surface area (Å²) in [5, 5.41) is 2.64. The Morgan fingerprint density at radius 1 is 1.08 bits per heavy atom. The molecule has 0 aliphatic rings. The van der Waals surface area contributed by atoms with Crippen molar-refractivity contribution in [2.24, 2.45) is 0 Å². The lowest BCUT2D eigenvalue weighted by Crippen LogP contribution is -2.46. The highest BCUT2D eigenvalue weighted by atomic mass is 32.2. The lowest BCUT2D eigenvalue weighted by atomic mass is 10.1. The van der Waals surface area contributed by atoms with E-state index in [1.54, 1.807) is 30.6 Å². The predicted molar refractivity (Wildman–Crippen MR) is 107 cm³/mol. The average molecular weight is 371 g/mol. The van der Waals surface area contributed by atoms with Crippen molar-refractivity contribution >= 4 is 23.6 Å². The van der Waals surface area contributed by atoms with Crippen LogP contribution < -0.4 is 5.32 Å². The summed E-state index contributed by atoms with van der Waals surface area (Å²) in [5.74, 6) is 0.526. The van der Waals surface area contributed by atoms with E-state index in [2.05, 4.69) is 36.5 Å². The number of benzene rings is 2. The molecule has 0 saturated carbocycles. The Kier molecular flexibility index (Phi) is 7.73. The highest BCUT2D eigenvalue weighted by Gasteiger charge is 2.25. The first-order chi connectivity index (χ1) is 12.5. The Hall–Kier alpha value is -2.27. The zero-order valence-electron chi connectivity index (χ0n) is 15.6. The fraction of sp³-hybridized carbons (Fsp3) is 0.333. The van der Waals surface area contributed by atoms with Crippen LogP contribution in [0.25, 0.3) is 0 Å². The number of nitrogens with one attached hydrogen (secondary N) is 1. The van der Waals surface area contributed by atoms with Crippen molar-refractivity contribution in [1.82, 2.24) is 10.2 Å². The molecule has 4 nitrogen and oxygen atoms in total. The third-order valence-corrected chi connectivity index (χ3v) is 5.23. The molecule has 0 radical (unpaired) electrons. The van der Waals surface area contributed by atoms with Gasteiger partial charge in [0.15, 0.2) is 0 Å². The summed E-state index contributed by atoms with van der Waals surface area (Å²) < 4.78 is 0. The van der Waals surface area contributed by atoms with Gasteiger partial charge in [-0.15, -0.1) is 11.8 Å². The van der Waals surface area contributed by atoms with Crippen LogP contribution in [-0.2, 0) is 16.1 Å². The predicted octanol–water partition coefficient (Wildman–Crippen LogP) is 3.64. The number of carbonyl (C=O) groups excluding carboxylic acids is 2. The van der Waals surface area contributed by atoms with Crippen LogP contribution >= 0.6 is 11.8 Å². The maximum Gasteiger partial charge on any atom is 0.242 e. The summed E-state index contributed by atoms with van der Waals surface area (Å²) in [6.07, 6.45) is 0.396. The van der Waals surface area contributed by atoms with Crippen molar-refractivity contribution in [1.29, 1.82) is 0 Å². The van der Waals surface area contributed by atoms with Gasteiger partial charge < -0.3 is 10.2 Å². The van der Waals surface area contributed by atoms with E-state index in [1.165, 1.54) is 5.56 Å². The van der Waals surface area contributed by atoms with Gasteiger partial charge in [0.25, 0.3) is 0 Å². The molecule has 1 N–H and O–H groups in total. The monoisotopic (exact) mass is 370 g/mol. The van der Waals surface area contributed by atoms with Crippen LogP contribution in [0.3, 0.4) is 0 Å². The second kappa shape index (κ2) is 10.0. The Labute approximate surface area is 160 Å². The lowest BCUT2D eigenvalue weighted by molar-refractivity contribution is -0.140. The maximum absolute atomic E-state index is 12.8. The van der Waals surface area contributed by atoms with E-state index in [0.717, 1.165) is 10.5 Å². The van der Waals surface area contributed by atoms with Gasteiger partial charge in [0, 0.05) is 30.7 Å². The molecule has 5 heteroatoms. The van der Waals surface area contributed by atoms with Crippen molar-refractivity contribution < 1.29 is 9.59 Å². The molecule has 26 heavy (non-hydrogen) atoms. The summed E-state index contributed by atoms with van der Waals surface area (Å²) in [6, 6.07) is 17.5. The van der Waals surface area contributed by atoms with Gasteiger partial charge in [-0.25, -0.2) is 0 Å². The minimum atomic E-state index is -0.503. The van der Waals surface area contributed by atoms with Crippen molar-refractivity contribution in [2.45, 2.75) is 37.8 Å². The average Bonchev–Trinajstić information content (AvgIpc) is 2.67. The van der Waals surface area contributed by atoms with Gasteiger partial charge in [-0.05, 0) is 31.5 Å². The van der Waals surface area contributed by atoms with Gasteiger partial charge in [0.1, 0.15) is 6.04 Å². The molecule has 138 valence electrons. The Balaban J connectivity index is 1.99. The minimum absolute atomic E-state index is 0.00966. The number of rotatable bonds is 8. The number of likely N-dealkylation sites (N-methyl/N-ethyl adjacent to an activating group) is 1. The van der Waals surface area contributed by atoms with Crippen LogP contribution in [0.1, 0.15) is 24.5 Å². The molecule has 0 saturated heterocycles. The number of hydrogen-bond donors (Lipinski definition) is 1. The number of hydrogen-bond acceptors (Lipinski definition) is 3. The minimum Gasteiger partial charge on any atom is -0.357 e. The van der Waals surface area contributed by atoms with Crippen molar-refractivity contribution in [3.05, 3.63) is 65.7 Å². The number of carbonyl (C=O) groups is 2. The molecular formula is C21H26N2O2S. The molecule has 1 atom stereocenters. The number of aryl methyl sites for hydroxylation is 1. The Morgan fingerprint density at radius 3 is 2.35 bits per heavy atom. The van der Waals surface area contributed by atoms with E-state index in [4.69, 9.17) is 0 Å². The molecule has 0 aliphatic heterocycles. The maximum atomic E-state index is 12.8. The zero-order valence-corrected chi connectivity index (χ0v) is 16.4. The van der Waals surface area contributed by atoms with Gasteiger partial charge in [0.05, 0.1) is 0 Å². The number of amides is 2. The molecule has 2 aromatic rings. The van der Waals surface area contributed by atoms with E-state index >= 15 is 0 Å². The van der Waals surface area contributed by atoms with Crippen LogP contribution in [0, 0.1) is 6.92 Å². The van der Waals surface area contributed by atoms with E-state index in [1.807, 2.05) is 30.3 Å². The molecule has 0 heterocycles. The molecule has 0 aromatic heterocycles. The molecule has 2 rings (SSSR count). The molecule has 0 spiro atoms. The van der Waals surface area contributed by atoms with Crippen molar-refractivity contribution in [3.8, 4) is 0 Å². The standard InChI is InChI=1S/C21H26N2O2S/c1-16-9-11-19(12-10-16)26-14-13-20(24)23(17(2)21(25)22-3)15-18-7-5-4-6-8-18/h4-12,17H,13-15H2,1-3H3,(H,22,25)/t17-/m0/s1. The first-order valence-electron chi connectivity index (χ1n) is 8.75. The van der Waals surface area contributed by atoms with Gasteiger partial charge in [-0.1, -0.05) is 48.0 Å². The van der Waals surface area contributed by atoms with Crippen molar-refractivity contribution in [2.75, 3.05) is 12.8 Å². The van der Waals surface area contributed by atoms with Crippen LogP contribution in [-0.4, -0.2) is 35.6 Å². The first kappa shape index (κ1) is 20.0. The largest absolute Gasteiger partial charge is 0.357 e. The Morgan fingerprint density at radius 2 is 1.73 bits per heavy atom. The highest BCUT2D eigenvalue weighted by molar-refractivity contribution is 7.99. The zero-order chi connectivity index (χ0) is 18.9. The third-order valence-electron chi connectivity index (χ3n) is 4.22. The summed E-state index contributed by atoms with van der Waals surface area (Å²) in [4.78, 5) is 27.7. The van der Waals surface area contributed by atoms with Gasteiger partial charge in [-0.2, -0.15) is 0 Å². The highest BCUT2D eigenvalue weighted by Crippen LogP contribution is 2.20. The molecule has 0 aliphatic carbocycles. The lowest BCUT2D eigenvalue weighted by Gasteiger charge is -2.28. The van der Waals surface area contributed by atoms with Gasteiger partial charge in [0.2, 0.25) is 11.8 Å². The van der Waals surface area contributed by atoms with Crippen LogP contribution in [0.4, 0.5) is 0 Å². The normalized spacial score (nSPS) is 11.7. The fourth-order valence-electron chi connectivity index (χ4n) is 2.61. The molecule has 2 amide bonds. The summed E-state index contributed by atoms with van der Waals surface area (Å²) >= 11 is 1.66. The second-order valence-corrected chi connectivity index (χ2v) is 7.38. The van der Waals surface area contributed by atoms with E-state index < -0.39 is 6.04 Å². The van der Waals surface area contributed by atoms with Gasteiger partial charge in [-0.3, -0.25) is 9.59 Å². The first-order valence-corrected chi connectivity index (χ1v) is 9.74. The van der Waals surface area contributed by atoms with Gasteiger partial charge >= 0.3 is 0 Å². The molecular weight excluding hydrogens is 344 g/mol.